The van der Waals surface area contributed by atoms with E-state index in [4.69, 9.17) is 16.3 Å². The highest BCUT2D eigenvalue weighted by atomic mass is 35.5. The van der Waals surface area contributed by atoms with E-state index in [1.807, 2.05) is 20.8 Å². The Morgan fingerprint density at radius 1 is 1.35 bits per heavy atom. The van der Waals surface area contributed by atoms with Crippen LogP contribution in [-0.2, 0) is 9.53 Å². The second kappa shape index (κ2) is 5.63. The number of halogens is 1. The molecule has 2 fully saturated rings. The van der Waals surface area contributed by atoms with E-state index in [0.29, 0.717) is 12.3 Å². The first-order valence-corrected chi connectivity index (χ1v) is 7.92. The van der Waals surface area contributed by atoms with Crippen LogP contribution in [0.4, 0.5) is 10.6 Å². The van der Waals surface area contributed by atoms with Crippen molar-refractivity contribution in [3.05, 3.63) is 17.5 Å². The second-order valence-corrected chi connectivity index (χ2v) is 7.31. The first kappa shape index (κ1) is 16.0. The molecule has 3 unspecified atom stereocenters. The van der Waals surface area contributed by atoms with Crippen LogP contribution in [-0.4, -0.2) is 44.6 Å². The highest BCUT2D eigenvalue weighted by molar-refractivity contribution is 6.29. The van der Waals surface area contributed by atoms with Gasteiger partial charge in [-0.05, 0) is 39.5 Å². The van der Waals surface area contributed by atoms with Crippen molar-refractivity contribution in [1.29, 1.82) is 0 Å². The molecule has 2 heterocycles. The third-order valence-electron chi connectivity index (χ3n) is 3.87. The Hall–Kier alpha value is -1.89. The third-order valence-corrected chi connectivity index (χ3v) is 4.05. The summed E-state index contributed by atoms with van der Waals surface area (Å²) in [6, 6.07) is -0.444. The first-order valence-electron chi connectivity index (χ1n) is 7.54. The standard InChI is InChI=1S/C15H19ClN4O3/c1-15(2,3)23-14(22)20-9-4-8(9)5-10(20)13(21)19-12-7-17-6-11(16)18-12/h6-10H,4-5H2,1-3H3,(H,18,19,21). The second-order valence-electron chi connectivity index (χ2n) is 6.92. The Balaban J connectivity index is 1.71. The molecule has 7 nitrogen and oxygen atoms in total. The number of anilines is 1. The third kappa shape index (κ3) is 3.55. The van der Waals surface area contributed by atoms with Crippen LogP contribution >= 0.6 is 11.6 Å². The van der Waals surface area contributed by atoms with E-state index in [1.165, 1.54) is 12.4 Å². The fourth-order valence-electron chi connectivity index (χ4n) is 2.88. The molecule has 1 saturated carbocycles. The molecule has 0 spiro atoms. The maximum atomic E-state index is 12.5. The maximum absolute atomic E-state index is 12.5. The number of nitrogens with one attached hydrogen (secondary N) is 1. The number of hydrogen-bond donors (Lipinski definition) is 1. The van der Waals surface area contributed by atoms with Crippen LogP contribution in [0.15, 0.2) is 12.4 Å². The van der Waals surface area contributed by atoms with Crippen LogP contribution in [0.25, 0.3) is 0 Å². The van der Waals surface area contributed by atoms with Crippen molar-refractivity contribution in [2.24, 2.45) is 5.92 Å². The van der Waals surface area contributed by atoms with Crippen LogP contribution in [0.2, 0.25) is 5.15 Å². The number of nitrogens with zero attached hydrogens (tertiary/aromatic N) is 3. The van der Waals surface area contributed by atoms with Gasteiger partial charge in [-0.1, -0.05) is 11.6 Å². The molecule has 3 atom stereocenters. The van der Waals surface area contributed by atoms with Crippen LogP contribution in [0.5, 0.6) is 0 Å². The Morgan fingerprint density at radius 2 is 2.09 bits per heavy atom. The van der Waals surface area contributed by atoms with Crippen molar-refractivity contribution in [1.82, 2.24) is 14.9 Å². The Morgan fingerprint density at radius 3 is 2.74 bits per heavy atom. The monoisotopic (exact) mass is 338 g/mol. The highest BCUT2D eigenvalue weighted by Crippen LogP contribution is 2.48. The van der Waals surface area contributed by atoms with Crippen molar-refractivity contribution in [2.75, 3.05) is 5.32 Å². The van der Waals surface area contributed by atoms with Crippen molar-refractivity contribution in [3.63, 3.8) is 0 Å². The van der Waals surface area contributed by atoms with Gasteiger partial charge in [0.25, 0.3) is 0 Å². The number of aromatic nitrogens is 2. The molecular weight excluding hydrogens is 320 g/mol. The van der Waals surface area contributed by atoms with Crippen molar-refractivity contribution >= 4 is 29.4 Å². The number of ether oxygens (including phenoxy) is 1. The van der Waals surface area contributed by atoms with Gasteiger partial charge in [0.15, 0.2) is 5.82 Å². The molecule has 124 valence electrons. The van der Waals surface area contributed by atoms with Gasteiger partial charge in [-0.25, -0.2) is 9.78 Å². The molecular formula is C15H19ClN4O3. The zero-order valence-electron chi connectivity index (χ0n) is 13.2. The Bertz CT molecular complexity index is 646. The minimum atomic E-state index is -0.594. The van der Waals surface area contributed by atoms with Crippen molar-refractivity contribution < 1.29 is 14.3 Å². The lowest BCUT2D eigenvalue weighted by molar-refractivity contribution is -0.121. The minimum Gasteiger partial charge on any atom is -0.444 e. The summed E-state index contributed by atoms with van der Waals surface area (Å²) in [4.78, 5) is 34.3. The van der Waals surface area contributed by atoms with Crippen LogP contribution in [0, 0.1) is 5.92 Å². The summed E-state index contributed by atoms with van der Waals surface area (Å²) in [7, 11) is 0. The molecule has 1 aliphatic heterocycles. The van der Waals surface area contributed by atoms with Crippen LogP contribution < -0.4 is 5.32 Å². The average Bonchev–Trinajstić information content (AvgIpc) is 3.06. The molecule has 1 N–H and O–H groups in total. The molecule has 0 aromatic carbocycles. The van der Waals surface area contributed by atoms with E-state index < -0.39 is 17.7 Å². The largest absolute Gasteiger partial charge is 0.444 e. The van der Waals surface area contributed by atoms with Gasteiger partial charge in [-0.2, -0.15) is 0 Å². The highest BCUT2D eigenvalue weighted by Gasteiger charge is 2.57. The summed E-state index contributed by atoms with van der Waals surface area (Å²) in [5, 5.41) is 2.86. The molecule has 2 aliphatic rings. The number of piperidine rings is 1. The zero-order chi connectivity index (χ0) is 16.8. The normalized spacial score (nSPS) is 25.7. The van der Waals surface area contributed by atoms with Gasteiger partial charge < -0.3 is 10.1 Å². The molecule has 8 heteroatoms. The minimum absolute atomic E-state index is 0.103. The van der Waals surface area contributed by atoms with Crippen LogP contribution in [0.3, 0.4) is 0 Å². The first-order chi connectivity index (χ1) is 10.7. The predicted octanol–water partition coefficient (Wildman–Crippen LogP) is 2.47. The van der Waals surface area contributed by atoms with Gasteiger partial charge >= 0.3 is 6.09 Å². The average molecular weight is 339 g/mol. The van der Waals surface area contributed by atoms with E-state index in [0.717, 1.165) is 6.42 Å². The Labute approximate surface area is 139 Å². The number of likely N-dealkylation sites (tertiary alicyclic amines) is 1. The van der Waals surface area contributed by atoms with Crippen molar-refractivity contribution in [2.45, 2.75) is 51.3 Å². The topological polar surface area (TPSA) is 84.4 Å². The summed E-state index contributed by atoms with van der Waals surface area (Å²) < 4.78 is 5.43. The number of rotatable bonds is 2. The summed E-state index contributed by atoms with van der Waals surface area (Å²) in [5.41, 5.74) is -0.594. The number of fused-ring (bicyclic) bond motifs is 1. The molecule has 23 heavy (non-hydrogen) atoms. The lowest BCUT2D eigenvalue weighted by Crippen LogP contribution is -2.47. The predicted molar refractivity (Wildman–Crippen MR) is 84.0 cm³/mol. The van der Waals surface area contributed by atoms with Gasteiger partial charge in [0.2, 0.25) is 5.91 Å². The number of hydrogen-bond acceptors (Lipinski definition) is 5. The summed E-state index contributed by atoms with van der Waals surface area (Å²) in [6.45, 7) is 5.42. The SMILES string of the molecule is CC(C)(C)OC(=O)N1C(C(=O)Nc2cncc(Cl)n2)CC2CC21. The zero-order valence-corrected chi connectivity index (χ0v) is 14.0. The molecule has 0 bridgehead atoms. The summed E-state index contributed by atoms with van der Waals surface area (Å²) in [5.74, 6) is 0.357. The fraction of sp³-hybridized carbons (Fsp3) is 0.600. The lowest BCUT2D eigenvalue weighted by Gasteiger charge is -2.29. The van der Waals surface area contributed by atoms with E-state index in [1.54, 1.807) is 4.90 Å². The molecule has 1 aromatic rings. The van der Waals surface area contributed by atoms with Gasteiger partial charge in [0.1, 0.15) is 16.8 Å². The van der Waals surface area contributed by atoms with Gasteiger partial charge in [0.05, 0.1) is 12.4 Å². The van der Waals surface area contributed by atoms with E-state index in [2.05, 4.69) is 15.3 Å². The number of carbonyl (C=O) groups is 2. The van der Waals surface area contributed by atoms with Gasteiger partial charge in [-0.3, -0.25) is 14.7 Å². The molecule has 1 saturated heterocycles. The molecule has 1 aliphatic carbocycles. The molecule has 2 amide bonds. The number of amides is 2. The Kier molecular flexibility index (Phi) is 3.91. The quantitative estimate of drug-likeness (QED) is 0.895. The maximum Gasteiger partial charge on any atom is 0.411 e. The number of carbonyl (C=O) groups excluding carboxylic acids is 2. The van der Waals surface area contributed by atoms with E-state index in [9.17, 15) is 9.59 Å². The molecule has 1 aromatic heterocycles. The fourth-order valence-corrected chi connectivity index (χ4v) is 3.03. The van der Waals surface area contributed by atoms with E-state index >= 15 is 0 Å². The van der Waals surface area contributed by atoms with Gasteiger partial charge in [-0.15, -0.1) is 0 Å². The summed E-state index contributed by atoms with van der Waals surface area (Å²) in [6.07, 6.45) is 3.93. The smallest absolute Gasteiger partial charge is 0.411 e. The lowest BCUT2D eigenvalue weighted by atomic mass is 10.1. The van der Waals surface area contributed by atoms with Crippen molar-refractivity contribution in [3.8, 4) is 0 Å². The summed E-state index contributed by atoms with van der Waals surface area (Å²) >= 11 is 5.76. The molecule has 3 rings (SSSR count). The van der Waals surface area contributed by atoms with Gasteiger partial charge in [0, 0.05) is 6.04 Å². The molecule has 0 radical (unpaired) electrons. The van der Waals surface area contributed by atoms with Crippen LogP contribution in [0.1, 0.15) is 33.6 Å². The van der Waals surface area contributed by atoms with E-state index in [-0.39, 0.29) is 22.9 Å².